The van der Waals surface area contributed by atoms with Crippen LogP contribution in [0.15, 0.2) is 66.2 Å². The number of likely N-dealkylation sites (tertiary alicyclic amines) is 1. The van der Waals surface area contributed by atoms with E-state index in [1.807, 2.05) is 29.2 Å². The largest absolute Gasteiger partial charge is 0.359 e. The van der Waals surface area contributed by atoms with Crippen molar-refractivity contribution in [2.75, 3.05) is 20.1 Å². The second-order valence-corrected chi connectivity index (χ2v) is 9.08. The number of hydrogen-bond acceptors (Lipinski definition) is 4. The number of piperidine rings is 1. The smallest absolute Gasteiger partial charge is 0.228 e. The fraction of sp³-hybridized carbons (Fsp3) is 0.320. The van der Waals surface area contributed by atoms with Gasteiger partial charge in [-0.2, -0.15) is 0 Å². The molecule has 5 nitrogen and oxygen atoms in total. The minimum atomic E-state index is -0.624. The molecule has 1 fully saturated rings. The molecule has 0 spiro atoms. The lowest BCUT2D eigenvalue weighted by molar-refractivity contribution is -0.141. The third-order valence-corrected chi connectivity index (χ3v) is 6.89. The Labute approximate surface area is 187 Å². The topological polar surface area (TPSA) is 62.3 Å². The Balaban J connectivity index is 1.55. The van der Waals surface area contributed by atoms with Gasteiger partial charge in [0.05, 0.1) is 11.8 Å². The number of pyridine rings is 1. The van der Waals surface area contributed by atoms with E-state index < -0.39 is 5.41 Å². The molecule has 1 aliphatic heterocycles. The zero-order chi connectivity index (χ0) is 21.7. The second kappa shape index (κ2) is 9.43. The van der Waals surface area contributed by atoms with Crippen LogP contribution in [0.1, 0.15) is 24.1 Å². The minimum absolute atomic E-state index is 0.00404. The first kappa shape index (κ1) is 21.2. The van der Waals surface area contributed by atoms with Gasteiger partial charge in [-0.05, 0) is 54.0 Å². The maximum Gasteiger partial charge on any atom is 0.228 e. The molecule has 1 N–H and O–H groups in total. The lowest BCUT2D eigenvalue weighted by Crippen LogP contribution is -2.54. The summed E-state index contributed by atoms with van der Waals surface area (Å²) in [4.78, 5) is 33.4. The first-order chi connectivity index (χ1) is 15.1. The van der Waals surface area contributed by atoms with Crippen LogP contribution in [-0.4, -0.2) is 41.8 Å². The number of aromatic nitrogens is 1. The molecule has 1 saturated heterocycles. The quantitative estimate of drug-likeness (QED) is 0.640. The zero-order valence-corrected chi connectivity index (χ0v) is 18.5. The molecule has 1 aromatic carbocycles. The SMILES string of the molecule is CNC(=O)[C@]1(Cc2cccc(-c3cccs3)c2)CCCN(C(=O)Cc2ccccn2)C1. The van der Waals surface area contributed by atoms with Crippen LogP contribution in [0.5, 0.6) is 0 Å². The van der Waals surface area contributed by atoms with Crippen molar-refractivity contribution in [1.29, 1.82) is 0 Å². The average molecular weight is 434 g/mol. The summed E-state index contributed by atoms with van der Waals surface area (Å²) in [7, 11) is 1.68. The Bertz CT molecular complexity index is 1040. The first-order valence-corrected chi connectivity index (χ1v) is 11.5. The number of rotatable bonds is 6. The predicted octanol–water partition coefficient (Wildman–Crippen LogP) is 3.95. The van der Waals surface area contributed by atoms with Gasteiger partial charge in [0, 0.05) is 36.9 Å². The molecule has 4 rings (SSSR count). The van der Waals surface area contributed by atoms with Gasteiger partial charge in [-0.15, -0.1) is 11.3 Å². The van der Waals surface area contributed by atoms with Crippen LogP contribution in [0.4, 0.5) is 0 Å². The molecule has 160 valence electrons. The minimum Gasteiger partial charge on any atom is -0.359 e. The molecule has 31 heavy (non-hydrogen) atoms. The summed E-state index contributed by atoms with van der Waals surface area (Å²) in [6.07, 6.45) is 4.15. The molecular weight excluding hydrogens is 406 g/mol. The molecule has 3 heterocycles. The highest BCUT2D eigenvalue weighted by Crippen LogP contribution is 2.36. The maximum absolute atomic E-state index is 13.1. The summed E-state index contributed by atoms with van der Waals surface area (Å²) in [5.74, 6) is 0.0309. The summed E-state index contributed by atoms with van der Waals surface area (Å²) in [6, 6.07) is 18.2. The van der Waals surface area contributed by atoms with Crippen molar-refractivity contribution >= 4 is 23.2 Å². The summed E-state index contributed by atoms with van der Waals surface area (Å²) >= 11 is 1.71. The number of carbonyl (C=O) groups excluding carboxylic acids is 2. The maximum atomic E-state index is 13.1. The van der Waals surface area contributed by atoms with Gasteiger partial charge in [-0.1, -0.05) is 36.4 Å². The Morgan fingerprint density at radius 2 is 2.06 bits per heavy atom. The number of nitrogens with zero attached hydrogens (tertiary/aromatic N) is 2. The van der Waals surface area contributed by atoms with Crippen LogP contribution in [0.2, 0.25) is 0 Å². The molecular formula is C25H27N3O2S. The van der Waals surface area contributed by atoms with Gasteiger partial charge in [0.25, 0.3) is 0 Å². The van der Waals surface area contributed by atoms with Crippen LogP contribution < -0.4 is 5.32 Å². The predicted molar refractivity (Wildman–Crippen MR) is 124 cm³/mol. The van der Waals surface area contributed by atoms with E-state index in [1.165, 1.54) is 10.4 Å². The Kier molecular flexibility index (Phi) is 6.47. The van der Waals surface area contributed by atoms with Gasteiger partial charge in [-0.3, -0.25) is 14.6 Å². The number of amides is 2. The van der Waals surface area contributed by atoms with Crippen molar-refractivity contribution < 1.29 is 9.59 Å². The van der Waals surface area contributed by atoms with Gasteiger partial charge in [0.2, 0.25) is 11.8 Å². The number of hydrogen-bond donors (Lipinski definition) is 1. The molecule has 0 unspecified atom stereocenters. The van der Waals surface area contributed by atoms with Gasteiger partial charge in [0.1, 0.15) is 0 Å². The number of thiophene rings is 1. The van der Waals surface area contributed by atoms with Crippen molar-refractivity contribution in [3.63, 3.8) is 0 Å². The first-order valence-electron chi connectivity index (χ1n) is 10.6. The summed E-state index contributed by atoms with van der Waals surface area (Å²) < 4.78 is 0. The Morgan fingerprint density at radius 3 is 2.81 bits per heavy atom. The molecule has 3 aromatic rings. The van der Waals surface area contributed by atoms with Crippen LogP contribution >= 0.6 is 11.3 Å². The van der Waals surface area contributed by atoms with Crippen molar-refractivity contribution in [2.45, 2.75) is 25.7 Å². The number of nitrogens with one attached hydrogen (secondary N) is 1. The van der Waals surface area contributed by atoms with Gasteiger partial charge in [-0.25, -0.2) is 0 Å². The molecule has 1 aliphatic rings. The van der Waals surface area contributed by atoms with E-state index in [2.05, 4.69) is 46.0 Å². The number of carbonyl (C=O) groups is 2. The van der Waals surface area contributed by atoms with Crippen LogP contribution in [-0.2, 0) is 22.4 Å². The molecule has 0 bridgehead atoms. The van der Waals surface area contributed by atoms with E-state index in [0.717, 1.165) is 24.1 Å². The monoisotopic (exact) mass is 433 g/mol. The fourth-order valence-electron chi connectivity index (χ4n) is 4.46. The molecule has 0 saturated carbocycles. The fourth-order valence-corrected chi connectivity index (χ4v) is 5.18. The van der Waals surface area contributed by atoms with Gasteiger partial charge in [0.15, 0.2) is 0 Å². The van der Waals surface area contributed by atoms with Crippen LogP contribution in [0, 0.1) is 5.41 Å². The van der Waals surface area contributed by atoms with E-state index in [9.17, 15) is 9.59 Å². The molecule has 0 aliphatic carbocycles. The van der Waals surface area contributed by atoms with E-state index in [4.69, 9.17) is 0 Å². The van der Waals surface area contributed by atoms with E-state index in [0.29, 0.717) is 19.5 Å². The van der Waals surface area contributed by atoms with Crippen molar-refractivity contribution in [2.24, 2.45) is 5.41 Å². The lowest BCUT2D eigenvalue weighted by Gasteiger charge is -2.41. The normalized spacial score (nSPS) is 18.5. The van der Waals surface area contributed by atoms with E-state index in [-0.39, 0.29) is 18.2 Å². The molecule has 0 radical (unpaired) electrons. The third-order valence-electron chi connectivity index (χ3n) is 5.97. The van der Waals surface area contributed by atoms with Crippen LogP contribution in [0.3, 0.4) is 0 Å². The Hall–Kier alpha value is -2.99. The Morgan fingerprint density at radius 1 is 1.16 bits per heavy atom. The van der Waals surface area contributed by atoms with Gasteiger partial charge >= 0.3 is 0 Å². The highest BCUT2D eigenvalue weighted by atomic mass is 32.1. The standard InChI is InChI=1S/C25H27N3O2S/c1-26-24(30)25(17-19-7-4-8-20(15-19)22-10-5-14-31-22)11-6-13-28(18-25)23(29)16-21-9-2-3-12-27-21/h2-5,7-10,12,14-15H,6,11,13,16-18H2,1H3,(H,26,30)/t25-/m0/s1. The van der Waals surface area contributed by atoms with Crippen molar-refractivity contribution in [3.05, 3.63) is 77.4 Å². The summed E-state index contributed by atoms with van der Waals surface area (Å²) in [5.41, 5.74) is 2.42. The molecule has 6 heteroatoms. The molecule has 2 aromatic heterocycles. The van der Waals surface area contributed by atoms with Crippen molar-refractivity contribution in [1.82, 2.24) is 15.2 Å². The van der Waals surface area contributed by atoms with Gasteiger partial charge < -0.3 is 10.2 Å². The van der Waals surface area contributed by atoms with E-state index >= 15 is 0 Å². The van der Waals surface area contributed by atoms with Crippen molar-refractivity contribution in [3.8, 4) is 10.4 Å². The average Bonchev–Trinajstić information content (AvgIpc) is 3.34. The lowest BCUT2D eigenvalue weighted by atomic mass is 9.74. The highest BCUT2D eigenvalue weighted by molar-refractivity contribution is 7.13. The molecule has 2 amide bonds. The number of benzene rings is 1. The zero-order valence-electron chi connectivity index (χ0n) is 17.7. The summed E-state index contributed by atoms with van der Waals surface area (Å²) in [6.45, 7) is 1.11. The molecule has 1 atom stereocenters. The van der Waals surface area contributed by atoms with Crippen LogP contribution in [0.25, 0.3) is 10.4 Å². The highest BCUT2D eigenvalue weighted by Gasteiger charge is 2.43. The van der Waals surface area contributed by atoms with E-state index in [1.54, 1.807) is 24.6 Å². The summed E-state index contributed by atoms with van der Waals surface area (Å²) in [5, 5.41) is 4.93. The third kappa shape index (κ3) is 4.85. The second-order valence-electron chi connectivity index (χ2n) is 8.13.